The largest absolute Gasteiger partial charge is 0.390 e. The highest BCUT2D eigenvalue weighted by Gasteiger charge is 2.40. The predicted molar refractivity (Wildman–Crippen MR) is 73.4 cm³/mol. The van der Waals surface area contributed by atoms with Gasteiger partial charge in [0.15, 0.2) is 0 Å². The fourth-order valence-corrected chi connectivity index (χ4v) is 2.58. The number of benzene rings is 1. The van der Waals surface area contributed by atoms with Crippen LogP contribution in [-0.4, -0.2) is 29.7 Å². The summed E-state index contributed by atoms with van der Waals surface area (Å²) in [6, 6.07) is 8.55. The summed E-state index contributed by atoms with van der Waals surface area (Å²) < 4.78 is 37.2. The molecule has 0 bridgehead atoms. The van der Waals surface area contributed by atoms with Gasteiger partial charge in [-0.25, -0.2) is 0 Å². The van der Waals surface area contributed by atoms with Crippen molar-refractivity contribution in [2.75, 3.05) is 6.54 Å². The molecule has 1 aromatic carbocycles. The van der Waals surface area contributed by atoms with Crippen LogP contribution in [0, 0.1) is 0 Å². The Kier molecular flexibility index (Phi) is 4.88. The maximum Gasteiger partial charge on any atom is 0.390 e. The van der Waals surface area contributed by atoms with E-state index in [-0.39, 0.29) is 18.6 Å². The minimum atomic E-state index is -4.25. The summed E-state index contributed by atoms with van der Waals surface area (Å²) in [4.78, 5) is 13.7. The third-order valence-corrected chi connectivity index (χ3v) is 3.60. The van der Waals surface area contributed by atoms with Gasteiger partial charge in [-0.3, -0.25) is 10.1 Å². The average molecular weight is 300 g/mol. The molecule has 1 heterocycles. The van der Waals surface area contributed by atoms with Crippen LogP contribution in [0.5, 0.6) is 0 Å². The van der Waals surface area contributed by atoms with Crippen molar-refractivity contribution >= 4 is 5.91 Å². The summed E-state index contributed by atoms with van der Waals surface area (Å²) in [5.41, 5.74) is 0.790. The van der Waals surface area contributed by atoms with E-state index in [2.05, 4.69) is 5.32 Å². The van der Waals surface area contributed by atoms with Gasteiger partial charge in [0.05, 0.1) is 12.6 Å². The number of nitrogens with zero attached hydrogens (tertiary/aromatic N) is 1. The first-order valence-electron chi connectivity index (χ1n) is 7.10. The van der Waals surface area contributed by atoms with Gasteiger partial charge in [0.2, 0.25) is 5.91 Å². The average Bonchev–Trinajstić information content (AvgIpc) is 2.74. The number of hydrogen-bond acceptors (Lipinski definition) is 2. The Morgan fingerprint density at radius 1 is 1.24 bits per heavy atom. The second-order valence-electron chi connectivity index (χ2n) is 5.21. The lowest BCUT2D eigenvalue weighted by Crippen LogP contribution is -2.39. The van der Waals surface area contributed by atoms with E-state index < -0.39 is 18.6 Å². The quantitative estimate of drug-likeness (QED) is 0.905. The SMILES string of the molecule is CCCC1NC(c2ccccc2)C(=O)N1CCC(F)(F)F. The van der Waals surface area contributed by atoms with Crippen LogP contribution in [0.25, 0.3) is 0 Å². The molecule has 21 heavy (non-hydrogen) atoms. The molecule has 0 spiro atoms. The van der Waals surface area contributed by atoms with Crippen LogP contribution in [0.4, 0.5) is 13.2 Å². The van der Waals surface area contributed by atoms with Crippen molar-refractivity contribution in [3.05, 3.63) is 35.9 Å². The topological polar surface area (TPSA) is 32.3 Å². The molecule has 0 radical (unpaired) electrons. The van der Waals surface area contributed by atoms with Gasteiger partial charge in [-0.05, 0) is 12.0 Å². The predicted octanol–water partition coefficient (Wildman–Crippen LogP) is 3.24. The number of hydrogen-bond donors (Lipinski definition) is 1. The molecule has 116 valence electrons. The lowest BCUT2D eigenvalue weighted by Gasteiger charge is -2.24. The van der Waals surface area contributed by atoms with Crippen LogP contribution in [0.15, 0.2) is 30.3 Å². The standard InChI is InChI=1S/C15H19F3N2O/c1-2-6-12-19-13(11-7-4-3-5-8-11)14(21)20(12)10-9-15(16,17)18/h3-5,7-8,12-13,19H,2,6,9-10H2,1H3. The van der Waals surface area contributed by atoms with E-state index in [0.717, 1.165) is 12.0 Å². The third kappa shape index (κ3) is 3.97. The first kappa shape index (κ1) is 15.8. The smallest absolute Gasteiger partial charge is 0.325 e. The number of amides is 1. The maximum absolute atomic E-state index is 12.4. The lowest BCUT2D eigenvalue weighted by molar-refractivity contribution is -0.145. The first-order chi connectivity index (χ1) is 9.92. The summed E-state index contributed by atoms with van der Waals surface area (Å²) in [7, 11) is 0. The Balaban J connectivity index is 2.12. The van der Waals surface area contributed by atoms with Crippen LogP contribution in [0.2, 0.25) is 0 Å². The number of carbonyl (C=O) groups excluding carboxylic acids is 1. The molecule has 1 aliphatic heterocycles. The Hall–Kier alpha value is -1.56. The van der Waals surface area contributed by atoms with E-state index in [1.165, 1.54) is 4.90 Å². The molecule has 6 heteroatoms. The number of nitrogens with one attached hydrogen (secondary N) is 1. The fourth-order valence-electron chi connectivity index (χ4n) is 2.58. The molecular formula is C15H19F3N2O. The van der Waals surface area contributed by atoms with E-state index in [0.29, 0.717) is 6.42 Å². The monoisotopic (exact) mass is 300 g/mol. The Morgan fingerprint density at radius 3 is 2.48 bits per heavy atom. The van der Waals surface area contributed by atoms with Crippen molar-refractivity contribution in [3.63, 3.8) is 0 Å². The molecule has 2 unspecified atom stereocenters. The molecule has 1 aliphatic rings. The second-order valence-corrected chi connectivity index (χ2v) is 5.21. The fraction of sp³-hybridized carbons (Fsp3) is 0.533. The number of rotatable bonds is 5. The van der Waals surface area contributed by atoms with Gasteiger partial charge < -0.3 is 4.90 Å². The zero-order chi connectivity index (χ0) is 15.5. The highest BCUT2D eigenvalue weighted by Crippen LogP contribution is 2.28. The van der Waals surface area contributed by atoms with Gasteiger partial charge in [0.1, 0.15) is 6.04 Å². The zero-order valence-corrected chi connectivity index (χ0v) is 11.9. The number of alkyl halides is 3. The molecular weight excluding hydrogens is 281 g/mol. The summed E-state index contributed by atoms with van der Waals surface area (Å²) in [5, 5.41) is 3.15. The van der Waals surface area contributed by atoms with Gasteiger partial charge >= 0.3 is 6.18 Å². The zero-order valence-electron chi connectivity index (χ0n) is 11.9. The van der Waals surface area contributed by atoms with Crippen LogP contribution in [0.3, 0.4) is 0 Å². The van der Waals surface area contributed by atoms with Gasteiger partial charge in [0, 0.05) is 6.54 Å². The van der Waals surface area contributed by atoms with E-state index in [1.807, 2.05) is 37.3 Å². The molecule has 1 aromatic rings. The minimum Gasteiger partial charge on any atom is -0.325 e. The van der Waals surface area contributed by atoms with Crippen molar-refractivity contribution in [1.29, 1.82) is 0 Å². The summed E-state index contributed by atoms with van der Waals surface area (Å²) >= 11 is 0. The molecule has 1 N–H and O–H groups in total. The van der Waals surface area contributed by atoms with Crippen LogP contribution < -0.4 is 5.32 Å². The summed E-state index contributed by atoms with van der Waals surface area (Å²) in [6.07, 6.45) is -4.10. The molecule has 1 amide bonds. The van der Waals surface area contributed by atoms with E-state index in [4.69, 9.17) is 0 Å². The Bertz CT molecular complexity index is 476. The first-order valence-corrected chi connectivity index (χ1v) is 7.10. The van der Waals surface area contributed by atoms with Crippen molar-refractivity contribution in [3.8, 4) is 0 Å². The van der Waals surface area contributed by atoms with Crippen molar-refractivity contribution in [2.24, 2.45) is 0 Å². The maximum atomic E-state index is 12.4. The molecule has 2 atom stereocenters. The molecule has 1 fully saturated rings. The normalized spacial score (nSPS) is 22.9. The molecule has 0 aromatic heterocycles. The highest BCUT2D eigenvalue weighted by atomic mass is 19.4. The van der Waals surface area contributed by atoms with Gasteiger partial charge in [-0.2, -0.15) is 13.2 Å². The minimum absolute atomic E-state index is 0.274. The van der Waals surface area contributed by atoms with E-state index in [1.54, 1.807) is 0 Å². The third-order valence-electron chi connectivity index (χ3n) is 3.60. The second kappa shape index (κ2) is 6.47. The van der Waals surface area contributed by atoms with Crippen LogP contribution in [-0.2, 0) is 4.79 Å². The highest BCUT2D eigenvalue weighted by molar-refractivity contribution is 5.85. The Labute approximate surface area is 122 Å². The molecule has 3 nitrogen and oxygen atoms in total. The van der Waals surface area contributed by atoms with Gasteiger partial charge in [-0.15, -0.1) is 0 Å². The van der Waals surface area contributed by atoms with Crippen LogP contribution in [0.1, 0.15) is 37.8 Å². The summed E-state index contributed by atoms with van der Waals surface area (Å²) in [5.74, 6) is -0.274. The van der Waals surface area contributed by atoms with E-state index in [9.17, 15) is 18.0 Å². The summed E-state index contributed by atoms with van der Waals surface area (Å²) in [6.45, 7) is 1.66. The molecule has 2 rings (SSSR count). The van der Waals surface area contributed by atoms with Crippen molar-refractivity contribution in [1.82, 2.24) is 10.2 Å². The molecule has 0 saturated carbocycles. The van der Waals surface area contributed by atoms with E-state index >= 15 is 0 Å². The van der Waals surface area contributed by atoms with Crippen molar-refractivity contribution < 1.29 is 18.0 Å². The van der Waals surface area contributed by atoms with Crippen LogP contribution >= 0.6 is 0 Å². The molecule has 1 saturated heterocycles. The lowest BCUT2D eigenvalue weighted by atomic mass is 10.1. The number of halogens is 3. The van der Waals surface area contributed by atoms with Gasteiger partial charge in [0.25, 0.3) is 0 Å². The van der Waals surface area contributed by atoms with Crippen molar-refractivity contribution in [2.45, 2.75) is 44.6 Å². The number of carbonyl (C=O) groups is 1. The Morgan fingerprint density at radius 2 is 1.90 bits per heavy atom. The van der Waals surface area contributed by atoms with Gasteiger partial charge in [-0.1, -0.05) is 43.7 Å². The molecule has 0 aliphatic carbocycles.